The number of β-amino-alcohol motifs (C(OH)–C–C–N with tert-alkyl or cyclic N) is 2. The number of nitrogens with zero attached hydrogens (tertiary/aromatic N) is 1. The third-order valence-electron chi connectivity index (χ3n) is 6.92. The zero-order chi connectivity index (χ0) is 22.8. The molecule has 2 aliphatic rings. The van der Waals surface area contributed by atoms with Gasteiger partial charge in [-0.3, -0.25) is 4.90 Å². The molecule has 5 nitrogen and oxygen atoms in total. The number of ether oxygens (including phenoxy) is 1. The molecule has 3 N–H and O–H groups in total. The van der Waals surface area contributed by atoms with Gasteiger partial charge in [0.2, 0.25) is 0 Å². The standard InChI is InChI=1S/C25H31ClFNO4/c26-21-7-6-20(14-22(21)27)32-17-25(31)16-28(13-10-23(25)29)15-24(30)11-8-19(9-12-24)18-4-2-1-3-5-18/h1-7,14,19,23,29-31H,8-13,15-17H2/t19?,23-,24?,25-/m0/s1. The predicted octanol–water partition coefficient (Wildman–Crippen LogP) is 3.74. The molecule has 1 aliphatic carbocycles. The molecular weight excluding hydrogens is 433 g/mol. The first kappa shape index (κ1) is 23.5. The van der Waals surface area contributed by atoms with Crippen LogP contribution < -0.4 is 4.74 Å². The first-order valence-electron chi connectivity index (χ1n) is 11.2. The molecule has 0 spiro atoms. The lowest BCUT2D eigenvalue weighted by Gasteiger charge is -2.46. The molecule has 174 valence electrons. The van der Waals surface area contributed by atoms with E-state index in [1.54, 1.807) is 0 Å². The minimum absolute atomic E-state index is 0.00447. The van der Waals surface area contributed by atoms with Crippen LogP contribution in [0, 0.1) is 5.82 Å². The first-order valence-corrected chi connectivity index (χ1v) is 11.6. The van der Waals surface area contributed by atoms with Gasteiger partial charge >= 0.3 is 0 Å². The van der Waals surface area contributed by atoms with Crippen molar-refractivity contribution in [3.8, 4) is 5.75 Å². The first-order chi connectivity index (χ1) is 15.3. The Kier molecular flexibility index (Phi) is 7.08. The van der Waals surface area contributed by atoms with Crippen molar-refractivity contribution in [2.75, 3.05) is 26.2 Å². The van der Waals surface area contributed by atoms with Gasteiger partial charge in [-0.15, -0.1) is 0 Å². The molecule has 1 saturated carbocycles. The van der Waals surface area contributed by atoms with Crippen molar-refractivity contribution >= 4 is 11.6 Å². The summed E-state index contributed by atoms with van der Waals surface area (Å²) in [5.74, 6) is 0.0996. The van der Waals surface area contributed by atoms with Gasteiger partial charge in [0.1, 0.15) is 23.8 Å². The molecule has 0 aromatic heterocycles. The number of aliphatic hydroxyl groups excluding tert-OH is 1. The minimum Gasteiger partial charge on any atom is -0.490 e. The molecule has 0 unspecified atom stereocenters. The Hall–Kier alpha value is -1.70. The Morgan fingerprint density at radius 1 is 1.06 bits per heavy atom. The highest BCUT2D eigenvalue weighted by Gasteiger charge is 2.44. The zero-order valence-electron chi connectivity index (χ0n) is 18.1. The lowest BCUT2D eigenvalue weighted by molar-refractivity contribution is -0.150. The topological polar surface area (TPSA) is 73.2 Å². The summed E-state index contributed by atoms with van der Waals surface area (Å²) >= 11 is 5.70. The van der Waals surface area contributed by atoms with Gasteiger partial charge < -0.3 is 20.1 Å². The molecule has 0 bridgehead atoms. The summed E-state index contributed by atoms with van der Waals surface area (Å²) in [5.41, 5.74) is -0.999. The van der Waals surface area contributed by atoms with Crippen molar-refractivity contribution in [2.45, 2.75) is 55.3 Å². The molecular formula is C25H31ClFNO4. The van der Waals surface area contributed by atoms with Crippen molar-refractivity contribution in [3.63, 3.8) is 0 Å². The van der Waals surface area contributed by atoms with E-state index in [1.807, 2.05) is 11.0 Å². The number of hydrogen-bond donors (Lipinski definition) is 3. The average Bonchev–Trinajstić information content (AvgIpc) is 2.78. The second-order valence-electron chi connectivity index (χ2n) is 9.39. The third kappa shape index (κ3) is 5.43. The van der Waals surface area contributed by atoms with Crippen LogP contribution in [0.25, 0.3) is 0 Å². The van der Waals surface area contributed by atoms with Crippen molar-refractivity contribution in [1.82, 2.24) is 4.90 Å². The maximum Gasteiger partial charge on any atom is 0.145 e. The van der Waals surface area contributed by atoms with Crippen LogP contribution in [0.4, 0.5) is 4.39 Å². The van der Waals surface area contributed by atoms with Gasteiger partial charge in [-0.25, -0.2) is 4.39 Å². The molecule has 0 radical (unpaired) electrons. The van der Waals surface area contributed by atoms with Gasteiger partial charge in [-0.05, 0) is 55.7 Å². The second-order valence-corrected chi connectivity index (χ2v) is 9.80. The highest BCUT2D eigenvalue weighted by atomic mass is 35.5. The molecule has 4 rings (SSSR count). The molecule has 0 amide bonds. The Morgan fingerprint density at radius 2 is 1.78 bits per heavy atom. The minimum atomic E-state index is -1.51. The molecule has 7 heteroatoms. The summed E-state index contributed by atoms with van der Waals surface area (Å²) in [5, 5.41) is 32.7. The fourth-order valence-electron chi connectivity index (χ4n) is 4.98. The zero-order valence-corrected chi connectivity index (χ0v) is 18.8. The van der Waals surface area contributed by atoms with E-state index >= 15 is 0 Å². The fraction of sp³-hybridized carbons (Fsp3) is 0.520. The Balaban J connectivity index is 1.34. The number of piperidine rings is 1. The quantitative estimate of drug-likeness (QED) is 0.608. The van der Waals surface area contributed by atoms with Gasteiger partial charge in [0.25, 0.3) is 0 Å². The summed E-state index contributed by atoms with van der Waals surface area (Å²) in [4.78, 5) is 2.00. The normalized spacial score (nSPS) is 31.4. The molecule has 1 saturated heterocycles. The van der Waals surface area contributed by atoms with Crippen LogP contribution in [-0.2, 0) is 0 Å². The molecule has 1 heterocycles. The van der Waals surface area contributed by atoms with E-state index in [0.717, 1.165) is 18.9 Å². The predicted molar refractivity (Wildman–Crippen MR) is 122 cm³/mol. The monoisotopic (exact) mass is 463 g/mol. The van der Waals surface area contributed by atoms with Crippen LogP contribution in [0.2, 0.25) is 5.02 Å². The number of rotatable bonds is 6. The highest BCUT2D eigenvalue weighted by molar-refractivity contribution is 6.30. The van der Waals surface area contributed by atoms with Crippen molar-refractivity contribution in [3.05, 3.63) is 64.9 Å². The second kappa shape index (κ2) is 9.65. The summed E-state index contributed by atoms with van der Waals surface area (Å²) in [6.07, 6.45) is 2.66. The summed E-state index contributed by atoms with van der Waals surface area (Å²) in [6, 6.07) is 14.5. The largest absolute Gasteiger partial charge is 0.490 e. The highest BCUT2D eigenvalue weighted by Crippen LogP contribution is 2.39. The number of benzene rings is 2. The van der Waals surface area contributed by atoms with Crippen LogP contribution in [-0.4, -0.2) is 63.8 Å². The van der Waals surface area contributed by atoms with E-state index in [1.165, 1.54) is 17.7 Å². The molecule has 2 aromatic rings. The SMILES string of the molecule is O[C@H]1CCN(CC2(O)CCC(c3ccccc3)CC2)C[C@]1(O)COc1ccc(Cl)c(F)c1. The average molecular weight is 464 g/mol. The number of hydrogen-bond acceptors (Lipinski definition) is 5. The summed E-state index contributed by atoms with van der Waals surface area (Å²) in [7, 11) is 0. The third-order valence-corrected chi connectivity index (χ3v) is 7.23. The Bertz CT molecular complexity index is 906. The lowest BCUT2D eigenvalue weighted by atomic mass is 9.75. The summed E-state index contributed by atoms with van der Waals surface area (Å²) in [6.45, 7) is 1.03. The Labute approximate surface area is 193 Å². The van der Waals surface area contributed by atoms with E-state index in [0.29, 0.717) is 38.3 Å². The molecule has 2 aromatic carbocycles. The van der Waals surface area contributed by atoms with Gasteiger partial charge in [0, 0.05) is 25.7 Å². The maximum atomic E-state index is 13.7. The van der Waals surface area contributed by atoms with Crippen LogP contribution in [0.3, 0.4) is 0 Å². The lowest BCUT2D eigenvalue weighted by Crippen LogP contribution is -2.62. The molecule has 2 atom stereocenters. The van der Waals surface area contributed by atoms with Crippen LogP contribution >= 0.6 is 11.6 Å². The number of halogens is 2. The van der Waals surface area contributed by atoms with Crippen LogP contribution in [0.15, 0.2) is 48.5 Å². The number of likely N-dealkylation sites (tertiary alicyclic amines) is 1. The van der Waals surface area contributed by atoms with Crippen molar-refractivity contribution in [2.24, 2.45) is 0 Å². The van der Waals surface area contributed by atoms with Gasteiger partial charge in [-0.2, -0.15) is 0 Å². The Morgan fingerprint density at radius 3 is 2.47 bits per heavy atom. The number of aliphatic hydroxyl groups is 3. The molecule has 1 aliphatic heterocycles. The van der Waals surface area contributed by atoms with E-state index < -0.39 is 23.1 Å². The smallest absolute Gasteiger partial charge is 0.145 e. The van der Waals surface area contributed by atoms with Crippen molar-refractivity contribution in [1.29, 1.82) is 0 Å². The van der Waals surface area contributed by atoms with Gasteiger partial charge in [-0.1, -0.05) is 41.9 Å². The van der Waals surface area contributed by atoms with Crippen molar-refractivity contribution < 1.29 is 24.4 Å². The van der Waals surface area contributed by atoms with E-state index in [2.05, 4.69) is 24.3 Å². The maximum absolute atomic E-state index is 13.7. The van der Waals surface area contributed by atoms with E-state index in [9.17, 15) is 19.7 Å². The van der Waals surface area contributed by atoms with Gasteiger partial charge in [0.15, 0.2) is 0 Å². The summed E-state index contributed by atoms with van der Waals surface area (Å²) < 4.78 is 19.2. The molecule has 32 heavy (non-hydrogen) atoms. The fourth-order valence-corrected chi connectivity index (χ4v) is 5.10. The van der Waals surface area contributed by atoms with Gasteiger partial charge in [0.05, 0.1) is 16.7 Å². The van der Waals surface area contributed by atoms with E-state index in [4.69, 9.17) is 16.3 Å². The van der Waals surface area contributed by atoms with Crippen LogP contribution in [0.1, 0.15) is 43.6 Å². The molecule has 2 fully saturated rings. The van der Waals surface area contributed by atoms with E-state index in [-0.39, 0.29) is 23.9 Å². The van der Waals surface area contributed by atoms with Crippen LogP contribution in [0.5, 0.6) is 5.75 Å².